The predicted octanol–water partition coefficient (Wildman–Crippen LogP) is 0.290. The second-order valence-corrected chi connectivity index (χ2v) is 6.77. The van der Waals surface area contributed by atoms with Crippen LogP contribution in [0.5, 0.6) is 0 Å². The van der Waals surface area contributed by atoms with Crippen molar-refractivity contribution in [1.82, 2.24) is 5.32 Å². The van der Waals surface area contributed by atoms with Gasteiger partial charge in [-0.3, -0.25) is 0 Å². The fourth-order valence-corrected chi connectivity index (χ4v) is 2.44. The molecule has 0 radical (unpaired) electrons. The van der Waals surface area contributed by atoms with Gasteiger partial charge in [-0.1, -0.05) is 0 Å². The zero-order valence-corrected chi connectivity index (χ0v) is 9.93. The van der Waals surface area contributed by atoms with Gasteiger partial charge in [0.25, 0.3) is 0 Å². The van der Waals surface area contributed by atoms with Gasteiger partial charge < -0.3 is 19.9 Å². The number of nitrogens with one attached hydrogen (secondary N) is 1. The zero-order valence-electron chi connectivity index (χ0n) is 8.93. The van der Waals surface area contributed by atoms with Crippen molar-refractivity contribution in [2.75, 3.05) is 33.9 Å². The summed E-state index contributed by atoms with van der Waals surface area (Å²) in [5, 5.41) is 3.24. The number of rotatable bonds is 8. The van der Waals surface area contributed by atoms with Crippen molar-refractivity contribution in [3.8, 4) is 0 Å². The van der Waals surface area contributed by atoms with E-state index in [4.69, 9.17) is 14.6 Å². The summed E-state index contributed by atoms with van der Waals surface area (Å²) in [5.74, 6) is 0. The van der Waals surface area contributed by atoms with Crippen LogP contribution in [0.3, 0.4) is 0 Å². The third-order valence-electron chi connectivity index (χ3n) is 2.17. The Balaban J connectivity index is 3.39. The molecule has 4 nitrogen and oxygen atoms in total. The summed E-state index contributed by atoms with van der Waals surface area (Å²) in [5.41, 5.74) is 5.35. The van der Waals surface area contributed by atoms with Gasteiger partial charge in [-0.15, -0.1) is 0 Å². The minimum Gasteiger partial charge on any atom is -0.398 e. The average molecular weight is 206 g/mol. The highest BCUT2D eigenvalue weighted by atomic mass is 28.4. The van der Waals surface area contributed by atoms with Crippen LogP contribution in [0.1, 0.15) is 6.42 Å². The van der Waals surface area contributed by atoms with E-state index in [0.29, 0.717) is 6.54 Å². The van der Waals surface area contributed by atoms with Crippen molar-refractivity contribution in [2.45, 2.75) is 19.0 Å². The minimum atomic E-state index is -1.83. The minimum absolute atomic E-state index is 0.698. The molecule has 0 aliphatic heterocycles. The normalized spacial score (nSPS) is 12.0. The highest BCUT2D eigenvalue weighted by Crippen LogP contribution is 2.12. The highest BCUT2D eigenvalue weighted by molar-refractivity contribution is 6.65. The molecule has 0 spiro atoms. The first-order valence-corrected chi connectivity index (χ1v) is 7.22. The molecule has 0 aliphatic rings. The first-order chi connectivity index (χ1) is 6.18. The van der Waals surface area contributed by atoms with Crippen molar-refractivity contribution in [2.24, 2.45) is 5.73 Å². The van der Waals surface area contributed by atoms with Crippen LogP contribution >= 0.6 is 0 Å². The zero-order chi connectivity index (χ0) is 10.2. The van der Waals surface area contributed by atoms with Crippen molar-refractivity contribution in [1.29, 1.82) is 0 Å². The molecule has 0 aromatic carbocycles. The van der Waals surface area contributed by atoms with E-state index in [9.17, 15) is 0 Å². The Morgan fingerprint density at radius 1 is 1.23 bits per heavy atom. The Hall–Kier alpha value is 0.0569. The van der Waals surface area contributed by atoms with Crippen LogP contribution in [-0.4, -0.2) is 42.4 Å². The van der Waals surface area contributed by atoms with Gasteiger partial charge >= 0.3 is 8.56 Å². The summed E-state index contributed by atoms with van der Waals surface area (Å²) in [4.78, 5) is 0. The largest absolute Gasteiger partial charge is 0.398 e. The lowest BCUT2D eigenvalue weighted by Gasteiger charge is -2.22. The molecule has 0 fully saturated rings. The molecule has 5 heteroatoms. The van der Waals surface area contributed by atoms with E-state index < -0.39 is 8.56 Å². The summed E-state index contributed by atoms with van der Waals surface area (Å²) >= 11 is 0. The van der Waals surface area contributed by atoms with Gasteiger partial charge in [0.05, 0.1) is 0 Å². The molecule has 0 heterocycles. The fraction of sp³-hybridized carbons (Fsp3) is 1.00. The Morgan fingerprint density at radius 3 is 2.31 bits per heavy atom. The summed E-state index contributed by atoms with van der Waals surface area (Å²) in [7, 11) is 1.62. The number of hydrogen-bond donors (Lipinski definition) is 2. The van der Waals surface area contributed by atoms with E-state index >= 15 is 0 Å². The third kappa shape index (κ3) is 6.17. The summed E-state index contributed by atoms with van der Waals surface area (Å²) < 4.78 is 10.7. The van der Waals surface area contributed by atoms with Gasteiger partial charge in [0.15, 0.2) is 0 Å². The lowest BCUT2D eigenvalue weighted by Crippen LogP contribution is -2.37. The van der Waals surface area contributed by atoms with Crippen LogP contribution in [0, 0.1) is 0 Å². The van der Waals surface area contributed by atoms with E-state index in [1.165, 1.54) is 0 Å². The van der Waals surface area contributed by atoms with E-state index in [-0.39, 0.29) is 0 Å². The number of nitrogens with two attached hydrogens (primary N) is 1. The van der Waals surface area contributed by atoms with E-state index in [0.717, 1.165) is 25.6 Å². The SMILES string of the molecule is CO[Si](C)(CCCNCCN)OC. The predicted molar refractivity (Wildman–Crippen MR) is 57.0 cm³/mol. The lowest BCUT2D eigenvalue weighted by atomic mass is 10.5. The van der Waals surface area contributed by atoms with E-state index in [1.54, 1.807) is 14.2 Å². The van der Waals surface area contributed by atoms with Crippen LogP contribution in [-0.2, 0) is 8.85 Å². The van der Waals surface area contributed by atoms with Crippen molar-refractivity contribution >= 4 is 8.56 Å². The molecule has 0 amide bonds. The standard InChI is InChI=1S/C8H22N2O2Si/c1-11-13(3,12-2)8-4-6-10-7-5-9/h10H,4-9H2,1-3H3. The molecule has 0 saturated heterocycles. The van der Waals surface area contributed by atoms with Crippen LogP contribution in [0.15, 0.2) is 0 Å². The molecule has 13 heavy (non-hydrogen) atoms. The van der Waals surface area contributed by atoms with Crippen LogP contribution < -0.4 is 11.1 Å². The van der Waals surface area contributed by atoms with Gasteiger partial charge in [-0.05, 0) is 25.6 Å². The molecule has 3 N–H and O–H groups in total. The quantitative estimate of drug-likeness (QED) is 0.443. The Labute approximate surface area is 82.0 Å². The smallest absolute Gasteiger partial charge is 0.334 e. The highest BCUT2D eigenvalue weighted by Gasteiger charge is 2.27. The van der Waals surface area contributed by atoms with Crippen LogP contribution in [0.25, 0.3) is 0 Å². The summed E-state index contributed by atoms with van der Waals surface area (Å²) in [6.07, 6.45) is 1.09. The molecular weight excluding hydrogens is 184 g/mol. The molecule has 0 saturated carbocycles. The molecule has 0 atom stereocenters. The van der Waals surface area contributed by atoms with Crippen LogP contribution in [0.4, 0.5) is 0 Å². The summed E-state index contributed by atoms with van der Waals surface area (Å²) in [6.45, 7) is 4.66. The molecule has 0 aromatic rings. The van der Waals surface area contributed by atoms with Gasteiger partial charge in [-0.25, -0.2) is 0 Å². The number of hydrogen-bond acceptors (Lipinski definition) is 4. The first kappa shape index (κ1) is 13.1. The maximum absolute atomic E-state index is 5.36. The van der Waals surface area contributed by atoms with Crippen molar-refractivity contribution in [3.05, 3.63) is 0 Å². The first-order valence-electron chi connectivity index (χ1n) is 4.69. The summed E-state index contributed by atoms with van der Waals surface area (Å²) in [6, 6.07) is 1.03. The monoisotopic (exact) mass is 206 g/mol. The molecule has 0 aromatic heterocycles. The Morgan fingerprint density at radius 2 is 1.85 bits per heavy atom. The molecular formula is C8H22N2O2Si. The van der Waals surface area contributed by atoms with Crippen LogP contribution in [0.2, 0.25) is 12.6 Å². The van der Waals surface area contributed by atoms with Gasteiger partial charge in [0.1, 0.15) is 0 Å². The molecule has 80 valence electrons. The maximum Gasteiger partial charge on any atom is 0.334 e. The van der Waals surface area contributed by atoms with E-state index in [1.807, 2.05) is 0 Å². The molecule has 0 rings (SSSR count). The second kappa shape index (κ2) is 7.46. The molecule has 0 aliphatic carbocycles. The topological polar surface area (TPSA) is 56.5 Å². The molecule has 0 bridgehead atoms. The average Bonchev–Trinajstić information content (AvgIpc) is 2.17. The van der Waals surface area contributed by atoms with Gasteiger partial charge in [0.2, 0.25) is 0 Å². The lowest BCUT2D eigenvalue weighted by molar-refractivity contribution is 0.248. The Bertz CT molecular complexity index is 121. The maximum atomic E-state index is 5.36. The van der Waals surface area contributed by atoms with Gasteiger partial charge in [0, 0.05) is 27.3 Å². The van der Waals surface area contributed by atoms with Crippen molar-refractivity contribution < 1.29 is 8.85 Å². The fourth-order valence-electron chi connectivity index (χ4n) is 1.05. The molecule has 0 unspecified atom stereocenters. The second-order valence-electron chi connectivity index (χ2n) is 3.18. The Kier molecular flexibility index (Phi) is 7.49. The van der Waals surface area contributed by atoms with Crippen molar-refractivity contribution in [3.63, 3.8) is 0 Å². The van der Waals surface area contributed by atoms with E-state index in [2.05, 4.69) is 11.9 Å². The van der Waals surface area contributed by atoms with Gasteiger partial charge in [-0.2, -0.15) is 0 Å². The third-order valence-corrected chi connectivity index (χ3v) is 5.16.